The molecular formula is C6H13NO5. The predicted octanol–water partition coefficient (Wildman–Crippen LogP) is -3.25. The first kappa shape index (κ1) is 6.25. The predicted molar refractivity (Wildman–Crippen MR) is 38.0 cm³/mol. The van der Waals surface area contributed by atoms with Gasteiger partial charge in [-0.2, -0.15) is 0 Å². The topological polar surface area (TPSA) is 116 Å². The normalized spacial score (nSPS) is 65.0. The van der Waals surface area contributed by atoms with Crippen LogP contribution in [0.2, 0.25) is 1.41 Å². The third kappa shape index (κ3) is 1.58. The van der Waals surface area contributed by atoms with Crippen LogP contribution in [-0.2, 0) is 4.74 Å². The van der Waals surface area contributed by atoms with Crippen LogP contribution in [0.15, 0.2) is 0 Å². The molecule has 0 amide bonds. The standard InChI is InChI=1S/C6H13NO5/c7-3-5(10)4(9)2(1-8)12-6(3)11/h2-6,8-11H,1,7H2/t2-,3-,4+,5-,6?/m1/s1/i3D,6D/hD. The van der Waals surface area contributed by atoms with Gasteiger partial charge in [0.05, 0.1) is 15.4 Å². The highest BCUT2D eigenvalue weighted by Crippen LogP contribution is 2.17. The molecule has 1 fully saturated rings. The van der Waals surface area contributed by atoms with Gasteiger partial charge in [-0.15, -0.1) is 0 Å². The first-order valence-corrected chi connectivity index (χ1v) is 3.36. The van der Waals surface area contributed by atoms with Crippen LogP contribution >= 0.6 is 0 Å². The van der Waals surface area contributed by atoms with Crippen molar-refractivity contribution in [3.63, 3.8) is 0 Å². The lowest BCUT2D eigenvalue weighted by Gasteiger charge is -2.38. The van der Waals surface area contributed by atoms with E-state index < -0.39 is 37.2 Å². The molecule has 5 atom stereocenters. The highest BCUT2D eigenvalue weighted by atomic mass is 16.6. The molecule has 0 aromatic carbocycles. The van der Waals surface area contributed by atoms with E-state index >= 15 is 0 Å². The summed E-state index contributed by atoms with van der Waals surface area (Å²) in [4.78, 5) is 0. The Morgan fingerprint density at radius 3 is 2.58 bits per heavy atom. The second kappa shape index (κ2) is 3.65. The van der Waals surface area contributed by atoms with E-state index in [1.807, 2.05) is 0 Å². The minimum absolute atomic E-state index is 0.729. The Morgan fingerprint density at radius 1 is 1.42 bits per heavy atom. The summed E-state index contributed by atoms with van der Waals surface area (Å²) >= 11 is 0. The minimum atomic E-state index is -2.94. The van der Waals surface area contributed by atoms with E-state index in [2.05, 4.69) is 4.74 Å². The van der Waals surface area contributed by atoms with E-state index in [1.54, 1.807) is 0 Å². The summed E-state index contributed by atoms with van der Waals surface area (Å²) in [6, 6.07) is -2.61. The Labute approximate surface area is 73.5 Å². The van der Waals surface area contributed by atoms with Gasteiger partial charge in [0.1, 0.15) is 19.7 Å². The van der Waals surface area contributed by atoms with E-state index in [4.69, 9.17) is 9.26 Å². The fourth-order valence-corrected chi connectivity index (χ4v) is 0.922. The summed E-state index contributed by atoms with van der Waals surface area (Å²) < 4.78 is 25.9. The summed E-state index contributed by atoms with van der Waals surface area (Å²) in [7, 11) is 0. The van der Waals surface area contributed by atoms with Crippen LogP contribution in [0.25, 0.3) is 0 Å². The van der Waals surface area contributed by atoms with Gasteiger partial charge < -0.3 is 30.9 Å². The Morgan fingerprint density at radius 2 is 2.08 bits per heavy atom. The quantitative estimate of drug-likeness (QED) is 0.306. The second-order valence-corrected chi connectivity index (χ2v) is 2.49. The van der Waals surface area contributed by atoms with Crippen molar-refractivity contribution >= 4 is 0 Å². The SMILES string of the molecule is [2H]N[C@]1([2H])[C@@H](O)[C@@H](O)[C@@H](CO)OC1([2H])O. The molecule has 0 aromatic rings. The molecule has 0 bridgehead atoms. The van der Waals surface area contributed by atoms with E-state index in [1.165, 1.54) is 5.73 Å². The van der Waals surface area contributed by atoms with Crippen LogP contribution in [0.4, 0.5) is 0 Å². The minimum Gasteiger partial charge on any atom is -0.394 e. The van der Waals surface area contributed by atoms with Crippen molar-refractivity contribution in [3.05, 3.63) is 0 Å². The van der Waals surface area contributed by atoms with Crippen LogP contribution < -0.4 is 5.73 Å². The van der Waals surface area contributed by atoms with Crippen LogP contribution in [0.5, 0.6) is 0 Å². The van der Waals surface area contributed by atoms with Gasteiger partial charge in [-0.1, -0.05) is 0 Å². The fourth-order valence-electron chi connectivity index (χ4n) is 0.922. The molecular weight excluding hydrogens is 166 g/mol. The molecule has 1 aliphatic rings. The van der Waals surface area contributed by atoms with Gasteiger partial charge in [-0.05, 0) is 0 Å². The van der Waals surface area contributed by atoms with Gasteiger partial charge in [0, 0.05) is 0 Å². The molecule has 1 rings (SSSR count). The summed E-state index contributed by atoms with van der Waals surface area (Å²) in [6.07, 6.45) is -7.94. The molecule has 1 aliphatic heterocycles. The number of aliphatic hydroxyl groups excluding tert-OH is 3. The Bertz CT molecular complexity index is 243. The summed E-state index contributed by atoms with van der Waals surface area (Å²) in [6.45, 7) is -0.729. The third-order valence-corrected chi connectivity index (χ3v) is 1.67. The molecule has 0 aromatic heterocycles. The number of rotatable bonds is 2. The number of hydrogen-bond donors (Lipinski definition) is 5. The summed E-state index contributed by atoms with van der Waals surface area (Å²) in [5.74, 6) is 0. The number of ether oxygens (including phenoxy) is 1. The van der Waals surface area contributed by atoms with E-state index in [0.29, 0.717) is 0 Å². The van der Waals surface area contributed by atoms with Gasteiger partial charge in [-0.25, -0.2) is 0 Å². The van der Waals surface area contributed by atoms with Crippen molar-refractivity contribution in [3.8, 4) is 0 Å². The first-order valence-electron chi connectivity index (χ1n) is 4.86. The van der Waals surface area contributed by atoms with Crippen LogP contribution in [0.1, 0.15) is 2.74 Å². The van der Waals surface area contributed by atoms with Crippen LogP contribution in [0.3, 0.4) is 0 Å². The third-order valence-electron chi connectivity index (χ3n) is 1.67. The molecule has 6 heteroatoms. The Balaban J connectivity index is 3.01. The van der Waals surface area contributed by atoms with E-state index in [9.17, 15) is 15.3 Å². The zero-order chi connectivity index (χ0) is 11.9. The molecule has 12 heavy (non-hydrogen) atoms. The van der Waals surface area contributed by atoms with Gasteiger partial charge in [-0.3, -0.25) is 0 Å². The largest absolute Gasteiger partial charge is 0.394 e. The Hall–Kier alpha value is -0.240. The Kier molecular flexibility index (Phi) is 1.90. The molecule has 1 saturated heterocycles. The van der Waals surface area contributed by atoms with Gasteiger partial charge in [0.25, 0.3) is 0 Å². The molecule has 1 heterocycles. The maximum atomic E-state index is 9.44. The van der Waals surface area contributed by atoms with Crippen LogP contribution in [-0.4, -0.2) is 57.6 Å². The number of nitrogens with two attached hydrogens (primary N) is 1. The lowest BCUT2D eigenvalue weighted by atomic mass is 9.98. The van der Waals surface area contributed by atoms with Gasteiger partial charge in [0.15, 0.2) is 6.27 Å². The summed E-state index contributed by atoms with van der Waals surface area (Å²) in [5, 5.41) is 36.9. The molecule has 6 N–H and O–H groups in total. The van der Waals surface area contributed by atoms with E-state index in [-0.39, 0.29) is 0 Å². The maximum Gasteiger partial charge on any atom is 0.173 e. The number of aliphatic hydroxyl groups is 4. The molecule has 0 aliphatic carbocycles. The monoisotopic (exact) mass is 182 g/mol. The maximum absolute atomic E-state index is 9.44. The van der Waals surface area contributed by atoms with Crippen molar-refractivity contribution in [1.29, 1.82) is 0 Å². The van der Waals surface area contributed by atoms with E-state index in [0.717, 1.165) is 0 Å². The van der Waals surface area contributed by atoms with Gasteiger partial charge >= 0.3 is 0 Å². The summed E-state index contributed by atoms with van der Waals surface area (Å²) in [5.41, 5.74) is 1.46. The molecule has 6 nitrogen and oxygen atoms in total. The smallest absolute Gasteiger partial charge is 0.173 e. The molecule has 1 unspecified atom stereocenters. The fraction of sp³-hybridized carbons (Fsp3) is 1.00. The average molecular weight is 182 g/mol. The highest BCUT2D eigenvalue weighted by Gasteiger charge is 2.41. The lowest BCUT2D eigenvalue weighted by molar-refractivity contribution is -0.248. The zero-order valence-corrected chi connectivity index (χ0v) is 6.14. The molecule has 0 spiro atoms. The van der Waals surface area contributed by atoms with Crippen molar-refractivity contribution in [2.75, 3.05) is 6.61 Å². The highest BCUT2D eigenvalue weighted by molar-refractivity contribution is 4.90. The van der Waals surface area contributed by atoms with Crippen molar-refractivity contribution in [2.45, 2.75) is 30.6 Å². The number of hydrogen-bond acceptors (Lipinski definition) is 6. The van der Waals surface area contributed by atoms with Gasteiger partial charge in [0.2, 0.25) is 0 Å². The molecule has 72 valence electrons. The van der Waals surface area contributed by atoms with Crippen LogP contribution in [0, 0.1) is 0 Å². The average Bonchev–Trinajstić information content (AvgIpc) is 2.20. The van der Waals surface area contributed by atoms with Crippen molar-refractivity contribution < 1.29 is 29.3 Å². The van der Waals surface area contributed by atoms with Crippen molar-refractivity contribution in [1.82, 2.24) is 0 Å². The van der Waals surface area contributed by atoms with Crippen molar-refractivity contribution in [2.24, 2.45) is 5.73 Å². The first-order chi connectivity index (χ1) is 6.80. The zero-order valence-electron chi connectivity index (χ0n) is 9.14. The second-order valence-electron chi connectivity index (χ2n) is 2.49. The molecule has 0 saturated carbocycles. The lowest BCUT2D eigenvalue weighted by Crippen LogP contribution is -2.61. The molecule has 0 radical (unpaired) electrons.